The van der Waals surface area contributed by atoms with Gasteiger partial charge in [-0.1, -0.05) is 6.07 Å². The number of nitrogens with two attached hydrogens (primary N) is 1. The minimum absolute atomic E-state index is 0.0852. The molecular formula is C9H7FN4O. The number of nitriles is 1. The van der Waals surface area contributed by atoms with E-state index in [0.29, 0.717) is 5.56 Å². The summed E-state index contributed by atoms with van der Waals surface area (Å²) in [6.45, 7) is 0. The van der Waals surface area contributed by atoms with E-state index in [1.165, 1.54) is 18.3 Å². The highest BCUT2D eigenvalue weighted by atomic mass is 19.1. The molecule has 0 aliphatic rings. The van der Waals surface area contributed by atoms with Gasteiger partial charge in [-0.25, -0.2) is 14.6 Å². The summed E-state index contributed by atoms with van der Waals surface area (Å²) in [4.78, 5) is 10.3. The number of carbonyl (C=O) groups excluding carboxylic acids is 1. The van der Waals surface area contributed by atoms with E-state index in [2.05, 4.69) is 5.10 Å². The summed E-state index contributed by atoms with van der Waals surface area (Å²) in [5.74, 6) is -0.600. The summed E-state index contributed by atoms with van der Waals surface area (Å²) in [5.41, 5.74) is 7.14. The first-order chi connectivity index (χ1) is 7.13. The van der Waals surface area contributed by atoms with Crippen LogP contribution in [0.3, 0.4) is 0 Å². The lowest BCUT2D eigenvalue weighted by molar-refractivity contribution is 0.249. The van der Waals surface area contributed by atoms with Crippen molar-refractivity contribution in [2.75, 3.05) is 0 Å². The molecule has 2 amide bonds. The number of urea groups is 1. The van der Waals surface area contributed by atoms with Crippen molar-refractivity contribution in [2.45, 2.75) is 0 Å². The maximum atomic E-state index is 12.9. The molecule has 0 aliphatic carbocycles. The molecule has 6 heteroatoms. The van der Waals surface area contributed by atoms with Crippen LogP contribution in [-0.2, 0) is 0 Å². The van der Waals surface area contributed by atoms with E-state index in [-0.39, 0.29) is 5.56 Å². The summed E-state index contributed by atoms with van der Waals surface area (Å²) in [7, 11) is 0. The lowest BCUT2D eigenvalue weighted by Gasteiger charge is -1.95. The third kappa shape index (κ3) is 3.08. The van der Waals surface area contributed by atoms with Crippen LogP contribution in [0.1, 0.15) is 11.1 Å². The van der Waals surface area contributed by atoms with Gasteiger partial charge < -0.3 is 5.73 Å². The van der Waals surface area contributed by atoms with Crippen molar-refractivity contribution < 1.29 is 9.18 Å². The topological polar surface area (TPSA) is 91.3 Å². The van der Waals surface area contributed by atoms with Crippen molar-refractivity contribution in [3.05, 3.63) is 35.1 Å². The van der Waals surface area contributed by atoms with Crippen LogP contribution in [0, 0.1) is 17.1 Å². The predicted octanol–water partition coefficient (Wildman–Crippen LogP) is 0.700. The molecule has 1 aromatic rings. The van der Waals surface area contributed by atoms with E-state index in [0.717, 1.165) is 6.07 Å². The average Bonchev–Trinajstić information content (AvgIpc) is 2.20. The van der Waals surface area contributed by atoms with E-state index >= 15 is 0 Å². The maximum absolute atomic E-state index is 12.9. The van der Waals surface area contributed by atoms with Crippen LogP contribution >= 0.6 is 0 Å². The Morgan fingerprint density at radius 2 is 2.40 bits per heavy atom. The Bertz CT molecular complexity index is 450. The molecule has 0 fully saturated rings. The number of hydrogen-bond donors (Lipinski definition) is 2. The number of primary amides is 1. The second-order valence-electron chi connectivity index (χ2n) is 2.59. The van der Waals surface area contributed by atoms with Gasteiger partial charge >= 0.3 is 6.03 Å². The summed E-state index contributed by atoms with van der Waals surface area (Å²) in [6, 6.07) is 4.76. The first-order valence-electron chi connectivity index (χ1n) is 3.91. The van der Waals surface area contributed by atoms with Gasteiger partial charge in [-0.2, -0.15) is 10.4 Å². The number of nitrogens with zero attached hydrogens (tertiary/aromatic N) is 2. The standard InChI is InChI=1S/C9H7FN4O/c10-8-2-1-6(3-7(8)4-11)5-13-14-9(12)15/h1-3,5H,(H3,12,14,15). The Hall–Kier alpha value is -2.42. The van der Waals surface area contributed by atoms with Crippen LogP contribution in [0.15, 0.2) is 23.3 Å². The highest BCUT2D eigenvalue weighted by Crippen LogP contribution is 2.07. The molecule has 0 heterocycles. The Morgan fingerprint density at radius 3 is 3.00 bits per heavy atom. The first-order valence-corrected chi connectivity index (χ1v) is 3.91. The quantitative estimate of drug-likeness (QED) is 0.550. The smallest absolute Gasteiger partial charge is 0.332 e. The fourth-order valence-electron chi connectivity index (χ4n) is 0.879. The van der Waals surface area contributed by atoms with Gasteiger partial charge in [0.2, 0.25) is 0 Å². The molecule has 0 unspecified atom stereocenters. The van der Waals surface area contributed by atoms with Crippen molar-refractivity contribution in [2.24, 2.45) is 10.8 Å². The molecule has 0 aromatic heterocycles. The molecule has 76 valence electrons. The van der Waals surface area contributed by atoms with Gasteiger partial charge in [0.25, 0.3) is 0 Å². The minimum atomic E-state index is -0.797. The molecule has 0 saturated carbocycles. The molecule has 0 spiro atoms. The number of hydrogen-bond acceptors (Lipinski definition) is 3. The maximum Gasteiger partial charge on any atom is 0.332 e. The lowest BCUT2D eigenvalue weighted by Crippen LogP contribution is -2.24. The first kappa shape index (κ1) is 10.7. The molecule has 0 radical (unpaired) electrons. The molecule has 3 N–H and O–H groups in total. The molecule has 5 nitrogen and oxygen atoms in total. The molecular weight excluding hydrogens is 199 g/mol. The number of benzene rings is 1. The van der Waals surface area contributed by atoms with Crippen LogP contribution in [0.5, 0.6) is 0 Å². The van der Waals surface area contributed by atoms with E-state index < -0.39 is 11.8 Å². The van der Waals surface area contributed by atoms with Gasteiger partial charge in [0.05, 0.1) is 11.8 Å². The van der Waals surface area contributed by atoms with Crippen molar-refractivity contribution in [3.8, 4) is 6.07 Å². The van der Waals surface area contributed by atoms with Crippen LogP contribution < -0.4 is 11.2 Å². The number of nitrogens with one attached hydrogen (secondary N) is 1. The average molecular weight is 206 g/mol. The zero-order valence-corrected chi connectivity index (χ0v) is 7.57. The SMILES string of the molecule is N#Cc1cc(C=NNC(N)=O)ccc1F. The van der Waals surface area contributed by atoms with E-state index in [1.807, 2.05) is 5.43 Å². The van der Waals surface area contributed by atoms with Crippen molar-refractivity contribution in [1.82, 2.24) is 5.43 Å². The second kappa shape index (κ2) is 4.72. The second-order valence-corrected chi connectivity index (χ2v) is 2.59. The van der Waals surface area contributed by atoms with Crippen LogP contribution in [0.25, 0.3) is 0 Å². The van der Waals surface area contributed by atoms with E-state index in [9.17, 15) is 9.18 Å². The third-order valence-corrected chi connectivity index (χ3v) is 1.50. The fraction of sp³-hybridized carbons (Fsp3) is 0. The van der Waals surface area contributed by atoms with Crippen LogP contribution in [0.4, 0.5) is 9.18 Å². The summed E-state index contributed by atoms with van der Waals surface area (Å²) in [5, 5.41) is 12.0. The monoisotopic (exact) mass is 206 g/mol. The Labute approximate surface area is 85.0 Å². The highest BCUT2D eigenvalue weighted by Gasteiger charge is 2.00. The summed E-state index contributed by atoms with van der Waals surface area (Å²) >= 11 is 0. The van der Waals surface area contributed by atoms with Crippen LogP contribution in [0.2, 0.25) is 0 Å². The number of halogens is 1. The molecule has 0 bridgehead atoms. The van der Waals surface area contributed by atoms with Gasteiger partial charge in [0.15, 0.2) is 0 Å². The lowest BCUT2D eigenvalue weighted by atomic mass is 10.1. The Balaban J connectivity index is 2.84. The number of carbonyl (C=O) groups is 1. The fourth-order valence-corrected chi connectivity index (χ4v) is 0.879. The Morgan fingerprint density at radius 1 is 1.67 bits per heavy atom. The zero-order chi connectivity index (χ0) is 11.3. The van der Waals surface area contributed by atoms with E-state index in [1.54, 1.807) is 6.07 Å². The molecule has 0 saturated heterocycles. The van der Waals surface area contributed by atoms with Crippen molar-refractivity contribution >= 4 is 12.2 Å². The van der Waals surface area contributed by atoms with Gasteiger partial charge in [-0.05, 0) is 17.7 Å². The van der Waals surface area contributed by atoms with Crippen molar-refractivity contribution in [1.29, 1.82) is 5.26 Å². The normalized spacial score (nSPS) is 9.87. The molecule has 1 aromatic carbocycles. The van der Waals surface area contributed by atoms with Gasteiger partial charge in [-0.3, -0.25) is 0 Å². The molecule has 0 atom stereocenters. The predicted molar refractivity (Wildman–Crippen MR) is 51.4 cm³/mol. The van der Waals surface area contributed by atoms with Crippen molar-refractivity contribution in [3.63, 3.8) is 0 Å². The summed E-state index contributed by atoms with van der Waals surface area (Å²) < 4.78 is 12.9. The molecule has 1 rings (SSSR count). The number of hydrazone groups is 1. The number of amides is 2. The molecule has 15 heavy (non-hydrogen) atoms. The molecule has 0 aliphatic heterocycles. The van der Waals surface area contributed by atoms with Gasteiger partial charge in [0.1, 0.15) is 11.9 Å². The Kier molecular flexibility index (Phi) is 3.35. The highest BCUT2D eigenvalue weighted by molar-refractivity contribution is 5.81. The summed E-state index contributed by atoms with van der Waals surface area (Å²) in [6.07, 6.45) is 1.25. The van der Waals surface area contributed by atoms with E-state index in [4.69, 9.17) is 11.0 Å². The zero-order valence-electron chi connectivity index (χ0n) is 7.57. The minimum Gasteiger partial charge on any atom is -0.350 e. The third-order valence-electron chi connectivity index (χ3n) is 1.50. The van der Waals surface area contributed by atoms with Crippen LogP contribution in [-0.4, -0.2) is 12.2 Å². The van der Waals surface area contributed by atoms with Gasteiger partial charge in [0, 0.05) is 0 Å². The largest absolute Gasteiger partial charge is 0.350 e. The van der Waals surface area contributed by atoms with Gasteiger partial charge in [-0.15, -0.1) is 0 Å². The number of rotatable bonds is 2.